The van der Waals surface area contributed by atoms with Gasteiger partial charge in [0.15, 0.2) is 0 Å². The minimum atomic E-state index is -0.171. The molecule has 1 N–H and O–H groups in total. The van der Waals surface area contributed by atoms with Gasteiger partial charge >= 0.3 is 5.97 Å². The Bertz CT molecular complexity index is 206. The van der Waals surface area contributed by atoms with Crippen molar-refractivity contribution in [1.29, 1.82) is 0 Å². The number of carbonyl (C=O) groups excluding carboxylic acids is 1. The van der Waals surface area contributed by atoms with Crippen molar-refractivity contribution in [1.82, 2.24) is 5.32 Å². The van der Waals surface area contributed by atoms with E-state index in [2.05, 4.69) is 12.2 Å². The molecule has 0 heterocycles. The highest BCUT2D eigenvalue weighted by Gasteiger charge is 2.24. The molecule has 3 unspecified atom stereocenters. The van der Waals surface area contributed by atoms with Gasteiger partial charge in [0.25, 0.3) is 0 Å². The molecule has 15 heavy (non-hydrogen) atoms. The van der Waals surface area contributed by atoms with Crippen LogP contribution in [0.15, 0.2) is 0 Å². The largest absolute Gasteiger partial charge is 0.468 e. The molecule has 0 aromatic rings. The van der Waals surface area contributed by atoms with Crippen LogP contribution in [0, 0.1) is 5.92 Å². The van der Waals surface area contributed by atoms with Gasteiger partial charge < -0.3 is 10.1 Å². The Balaban J connectivity index is 2.34. The monoisotopic (exact) mass is 213 g/mol. The molecular weight excluding hydrogens is 190 g/mol. The summed E-state index contributed by atoms with van der Waals surface area (Å²) in [5.74, 6) is 0.676. The highest BCUT2D eigenvalue weighted by molar-refractivity contribution is 5.75. The normalized spacial score (nSPS) is 28.5. The molecule has 3 nitrogen and oxygen atoms in total. The predicted molar refractivity (Wildman–Crippen MR) is 60.7 cm³/mol. The van der Waals surface area contributed by atoms with Crippen LogP contribution in [0.3, 0.4) is 0 Å². The van der Waals surface area contributed by atoms with Crippen LogP contribution < -0.4 is 5.32 Å². The lowest BCUT2D eigenvalue weighted by molar-refractivity contribution is -0.142. The lowest BCUT2D eigenvalue weighted by atomic mass is 9.84. The number of hydrogen-bond acceptors (Lipinski definition) is 3. The van der Waals surface area contributed by atoms with Gasteiger partial charge in [-0.2, -0.15) is 0 Å². The fraction of sp³-hybridized carbons (Fsp3) is 0.917. The lowest BCUT2D eigenvalue weighted by Gasteiger charge is -2.30. The highest BCUT2D eigenvalue weighted by Crippen LogP contribution is 2.26. The van der Waals surface area contributed by atoms with Crippen LogP contribution in [0.1, 0.15) is 46.0 Å². The zero-order chi connectivity index (χ0) is 11.3. The van der Waals surface area contributed by atoms with E-state index in [1.165, 1.54) is 39.2 Å². The van der Waals surface area contributed by atoms with E-state index in [4.69, 9.17) is 4.74 Å². The Morgan fingerprint density at radius 1 is 1.53 bits per heavy atom. The Hall–Kier alpha value is -0.570. The van der Waals surface area contributed by atoms with E-state index in [1.54, 1.807) is 0 Å². The van der Waals surface area contributed by atoms with Gasteiger partial charge in [0.1, 0.15) is 6.04 Å². The third-order valence-electron chi connectivity index (χ3n) is 3.40. The third-order valence-corrected chi connectivity index (χ3v) is 3.40. The van der Waals surface area contributed by atoms with E-state index in [0.29, 0.717) is 6.04 Å². The van der Waals surface area contributed by atoms with Gasteiger partial charge in [0.2, 0.25) is 0 Å². The Morgan fingerprint density at radius 2 is 2.27 bits per heavy atom. The average Bonchev–Trinajstić information content (AvgIpc) is 2.28. The number of esters is 1. The summed E-state index contributed by atoms with van der Waals surface area (Å²) in [4.78, 5) is 11.3. The molecule has 3 atom stereocenters. The first-order valence-electron chi connectivity index (χ1n) is 6.01. The molecule has 1 aliphatic carbocycles. The first-order valence-corrected chi connectivity index (χ1v) is 6.01. The van der Waals surface area contributed by atoms with Crippen LogP contribution in [-0.2, 0) is 9.53 Å². The summed E-state index contributed by atoms with van der Waals surface area (Å²) in [5, 5.41) is 3.36. The second-order valence-corrected chi connectivity index (χ2v) is 4.55. The second kappa shape index (κ2) is 6.11. The lowest BCUT2D eigenvalue weighted by Crippen LogP contribution is -2.44. The van der Waals surface area contributed by atoms with E-state index in [0.717, 1.165) is 5.92 Å². The van der Waals surface area contributed by atoms with Crippen LogP contribution in [0.4, 0.5) is 0 Å². The van der Waals surface area contributed by atoms with Gasteiger partial charge in [-0.3, -0.25) is 4.79 Å². The number of hydrogen-bond donors (Lipinski definition) is 1. The molecule has 1 saturated carbocycles. The molecule has 0 aliphatic heterocycles. The summed E-state index contributed by atoms with van der Waals surface area (Å²) in [6.07, 6.45) is 6.28. The summed E-state index contributed by atoms with van der Waals surface area (Å²) in [5.41, 5.74) is 0. The van der Waals surface area contributed by atoms with E-state index < -0.39 is 0 Å². The van der Waals surface area contributed by atoms with E-state index in [-0.39, 0.29) is 12.0 Å². The Morgan fingerprint density at radius 3 is 2.87 bits per heavy atom. The van der Waals surface area contributed by atoms with Gasteiger partial charge in [-0.15, -0.1) is 0 Å². The zero-order valence-corrected chi connectivity index (χ0v) is 10.1. The molecule has 0 amide bonds. The number of rotatable bonds is 4. The van der Waals surface area contributed by atoms with E-state index in [1.807, 2.05) is 6.92 Å². The van der Waals surface area contributed by atoms with Crippen molar-refractivity contribution in [3.63, 3.8) is 0 Å². The van der Waals surface area contributed by atoms with Crippen molar-refractivity contribution in [3.05, 3.63) is 0 Å². The maximum absolute atomic E-state index is 11.3. The molecule has 3 heteroatoms. The molecule has 1 aliphatic rings. The van der Waals surface area contributed by atoms with Crippen LogP contribution >= 0.6 is 0 Å². The van der Waals surface area contributed by atoms with Crippen molar-refractivity contribution in [3.8, 4) is 0 Å². The number of nitrogens with one attached hydrogen (secondary N) is 1. The molecule has 0 bridgehead atoms. The average molecular weight is 213 g/mol. The van der Waals surface area contributed by atoms with Crippen LogP contribution in [-0.4, -0.2) is 25.2 Å². The second-order valence-electron chi connectivity index (χ2n) is 4.55. The van der Waals surface area contributed by atoms with Crippen LogP contribution in [0.5, 0.6) is 0 Å². The summed E-state index contributed by atoms with van der Waals surface area (Å²) in [6.45, 7) is 4.12. The quantitative estimate of drug-likeness (QED) is 0.727. The van der Waals surface area contributed by atoms with Gasteiger partial charge in [0, 0.05) is 6.04 Å². The van der Waals surface area contributed by atoms with Gasteiger partial charge in [0.05, 0.1) is 7.11 Å². The van der Waals surface area contributed by atoms with Crippen molar-refractivity contribution >= 4 is 5.97 Å². The third kappa shape index (κ3) is 3.82. The minimum Gasteiger partial charge on any atom is -0.468 e. The summed E-state index contributed by atoms with van der Waals surface area (Å²) >= 11 is 0. The fourth-order valence-electron chi connectivity index (χ4n) is 2.41. The zero-order valence-electron chi connectivity index (χ0n) is 10.1. The maximum atomic E-state index is 11.3. The smallest absolute Gasteiger partial charge is 0.322 e. The number of ether oxygens (including phenoxy) is 1. The maximum Gasteiger partial charge on any atom is 0.322 e. The molecule has 88 valence electrons. The molecule has 0 aromatic carbocycles. The van der Waals surface area contributed by atoms with Gasteiger partial charge in [-0.1, -0.05) is 26.2 Å². The molecule has 0 saturated heterocycles. The summed E-state index contributed by atoms with van der Waals surface area (Å²) in [7, 11) is 1.44. The molecular formula is C12H23NO2. The van der Waals surface area contributed by atoms with Crippen molar-refractivity contribution in [2.45, 2.75) is 58.0 Å². The number of carbonyl (C=O) groups is 1. The van der Waals surface area contributed by atoms with Gasteiger partial charge in [-0.25, -0.2) is 0 Å². The van der Waals surface area contributed by atoms with Crippen molar-refractivity contribution in [2.24, 2.45) is 5.92 Å². The predicted octanol–water partition coefficient (Wildman–Crippen LogP) is 2.11. The fourth-order valence-corrected chi connectivity index (χ4v) is 2.41. The number of methoxy groups -OCH3 is 1. The standard InChI is InChI=1S/C12H23NO2/c1-4-10-6-5-7-11(8-10)13-9(2)12(14)15-3/h9-11,13H,4-8H2,1-3H3. The SMILES string of the molecule is CCC1CCCC(NC(C)C(=O)OC)C1. The van der Waals surface area contributed by atoms with E-state index >= 15 is 0 Å². The summed E-state index contributed by atoms with van der Waals surface area (Å²) < 4.78 is 4.71. The topological polar surface area (TPSA) is 38.3 Å². The minimum absolute atomic E-state index is 0.159. The van der Waals surface area contributed by atoms with Crippen molar-refractivity contribution in [2.75, 3.05) is 7.11 Å². The molecule has 1 fully saturated rings. The van der Waals surface area contributed by atoms with Crippen LogP contribution in [0.2, 0.25) is 0 Å². The van der Waals surface area contributed by atoms with Gasteiger partial charge in [-0.05, 0) is 25.7 Å². The van der Waals surface area contributed by atoms with E-state index in [9.17, 15) is 4.79 Å². The molecule has 0 spiro atoms. The molecule has 0 aromatic heterocycles. The van der Waals surface area contributed by atoms with Crippen LogP contribution in [0.25, 0.3) is 0 Å². The molecule has 1 rings (SSSR count). The highest BCUT2D eigenvalue weighted by atomic mass is 16.5. The van der Waals surface area contributed by atoms with Crippen molar-refractivity contribution < 1.29 is 9.53 Å². The first-order chi connectivity index (χ1) is 7.17. The first kappa shape index (κ1) is 12.5. The molecule has 0 radical (unpaired) electrons. The Labute approximate surface area is 92.6 Å². The Kier molecular flexibility index (Phi) is 5.09. The summed E-state index contributed by atoms with van der Waals surface area (Å²) in [6, 6.07) is 0.327.